The third-order valence-electron chi connectivity index (χ3n) is 3.44. The van der Waals surface area contributed by atoms with Crippen LogP contribution in [0.2, 0.25) is 0 Å². The maximum absolute atomic E-state index is 13.5. The van der Waals surface area contributed by atoms with Gasteiger partial charge in [0.1, 0.15) is 17.2 Å². The Labute approximate surface area is 143 Å². The molecule has 0 aliphatic rings. The van der Waals surface area contributed by atoms with E-state index in [0.717, 1.165) is 15.9 Å². The minimum absolute atomic E-state index is 0.143. The summed E-state index contributed by atoms with van der Waals surface area (Å²) in [6, 6.07) is 14.2. The molecule has 1 aromatic heterocycles. The number of rotatable bonds is 7. The molecule has 3 aromatic rings. The number of para-hydroxylation sites is 1. The number of hydrogen-bond donors (Lipinski definition) is 1. The smallest absolute Gasteiger partial charge is 0.128 e. The van der Waals surface area contributed by atoms with Gasteiger partial charge in [-0.25, -0.2) is 14.4 Å². The number of aromatic nitrogens is 2. The molecule has 6 heteroatoms. The molecule has 2 aromatic carbocycles. The minimum Gasteiger partial charge on any atom is -0.390 e. The lowest BCUT2D eigenvalue weighted by Gasteiger charge is -2.12. The average molecular weight is 344 g/mol. The lowest BCUT2D eigenvalue weighted by Crippen LogP contribution is -2.18. The fourth-order valence-electron chi connectivity index (χ4n) is 2.24. The van der Waals surface area contributed by atoms with E-state index in [1.165, 1.54) is 24.2 Å². The number of aliphatic hydroxyl groups is 1. The standard InChI is InChI=1S/C18H17FN2O2S/c19-16-7-3-1-5-13(16)9-23-10-14(22)11-24-18-15-6-2-4-8-17(15)20-12-21-18/h1-8,12,14,22H,9-11H2/t14-/m0/s1. The van der Waals surface area contributed by atoms with Crippen LogP contribution < -0.4 is 0 Å². The zero-order valence-electron chi connectivity index (χ0n) is 12.9. The average Bonchev–Trinajstić information content (AvgIpc) is 2.61. The Morgan fingerprint density at radius 3 is 2.75 bits per heavy atom. The summed E-state index contributed by atoms with van der Waals surface area (Å²) in [7, 11) is 0. The highest BCUT2D eigenvalue weighted by molar-refractivity contribution is 7.99. The van der Waals surface area contributed by atoms with Crippen LogP contribution in [0.25, 0.3) is 10.9 Å². The van der Waals surface area contributed by atoms with Crippen molar-refractivity contribution in [2.45, 2.75) is 17.7 Å². The van der Waals surface area contributed by atoms with Gasteiger partial charge in [-0.1, -0.05) is 36.4 Å². The predicted molar refractivity (Wildman–Crippen MR) is 92.3 cm³/mol. The normalized spacial score (nSPS) is 12.4. The molecule has 0 amide bonds. The number of thioether (sulfide) groups is 1. The van der Waals surface area contributed by atoms with Gasteiger partial charge in [0.25, 0.3) is 0 Å². The maximum Gasteiger partial charge on any atom is 0.128 e. The first-order valence-electron chi connectivity index (χ1n) is 7.56. The Hall–Kier alpha value is -2.02. The van der Waals surface area contributed by atoms with Gasteiger partial charge in [-0.05, 0) is 12.1 Å². The van der Waals surface area contributed by atoms with Crippen molar-refractivity contribution < 1.29 is 14.2 Å². The highest BCUT2D eigenvalue weighted by Crippen LogP contribution is 2.24. The second kappa shape index (κ2) is 8.19. The quantitative estimate of drug-likeness (QED) is 0.526. The Morgan fingerprint density at radius 1 is 1.08 bits per heavy atom. The molecule has 124 valence electrons. The van der Waals surface area contributed by atoms with Crippen molar-refractivity contribution in [1.29, 1.82) is 0 Å². The molecular weight excluding hydrogens is 327 g/mol. The van der Waals surface area contributed by atoms with Crippen molar-refractivity contribution in [1.82, 2.24) is 9.97 Å². The van der Waals surface area contributed by atoms with Crippen molar-refractivity contribution in [2.24, 2.45) is 0 Å². The molecule has 0 bridgehead atoms. The molecule has 0 aliphatic heterocycles. The largest absolute Gasteiger partial charge is 0.390 e. The van der Waals surface area contributed by atoms with E-state index < -0.39 is 6.10 Å². The highest BCUT2D eigenvalue weighted by Gasteiger charge is 2.10. The first-order valence-corrected chi connectivity index (χ1v) is 8.54. The number of fused-ring (bicyclic) bond motifs is 1. The lowest BCUT2D eigenvalue weighted by atomic mass is 10.2. The monoisotopic (exact) mass is 344 g/mol. The van der Waals surface area contributed by atoms with Crippen molar-refractivity contribution in [3.05, 3.63) is 66.2 Å². The van der Waals surface area contributed by atoms with Crippen LogP contribution in [0, 0.1) is 5.82 Å². The summed E-state index contributed by atoms with van der Waals surface area (Å²) in [5, 5.41) is 11.8. The van der Waals surface area contributed by atoms with Crippen molar-refractivity contribution in [3.63, 3.8) is 0 Å². The van der Waals surface area contributed by atoms with Gasteiger partial charge in [-0.3, -0.25) is 0 Å². The van der Waals surface area contributed by atoms with E-state index in [2.05, 4.69) is 9.97 Å². The molecule has 24 heavy (non-hydrogen) atoms. The fraction of sp³-hybridized carbons (Fsp3) is 0.222. The van der Waals surface area contributed by atoms with E-state index in [9.17, 15) is 9.50 Å². The lowest BCUT2D eigenvalue weighted by molar-refractivity contribution is 0.0387. The maximum atomic E-state index is 13.5. The fourth-order valence-corrected chi connectivity index (χ4v) is 3.14. The summed E-state index contributed by atoms with van der Waals surface area (Å²) in [6.07, 6.45) is 0.863. The van der Waals surface area contributed by atoms with Crippen LogP contribution in [0.5, 0.6) is 0 Å². The predicted octanol–water partition coefficient (Wildman–Crippen LogP) is 3.44. The Balaban J connectivity index is 1.50. The van der Waals surface area contributed by atoms with Crippen LogP contribution in [-0.4, -0.2) is 33.5 Å². The van der Waals surface area contributed by atoms with Crippen molar-refractivity contribution in [2.75, 3.05) is 12.4 Å². The topological polar surface area (TPSA) is 55.2 Å². The van der Waals surface area contributed by atoms with E-state index in [1.807, 2.05) is 24.3 Å². The molecule has 1 heterocycles. The van der Waals surface area contributed by atoms with Crippen LogP contribution in [0.3, 0.4) is 0 Å². The zero-order valence-corrected chi connectivity index (χ0v) is 13.7. The third kappa shape index (κ3) is 4.29. The Kier molecular flexibility index (Phi) is 5.74. The molecule has 0 radical (unpaired) electrons. The number of nitrogens with zero attached hydrogens (tertiary/aromatic N) is 2. The summed E-state index contributed by atoms with van der Waals surface area (Å²) >= 11 is 1.45. The summed E-state index contributed by atoms with van der Waals surface area (Å²) < 4.78 is 18.9. The summed E-state index contributed by atoms with van der Waals surface area (Å²) in [6.45, 7) is 0.287. The number of hydrogen-bond acceptors (Lipinski definition) is 5. The highest BCUT2D eigenvalue weighted by atomic mass is 32.2. The summed E-state index contributed by atoms with van der Waals surface area (Å²) in [4.78, 5) is 8.48. The molecule has 0 spiro atoms. The van der Waals surface area contributed by atoms with E-state index in [4.69, 9.17) is 4.74 Å². The van der Waals surface area contributed by atoms with Gasteiger partial charge in [-0.15, -0.1) is 11.8 Å². The first-order chi connectivity index (χ1) is 11.7. The summed E-state index contributed by atoms with van der Waals surface area (Å²) in [5.74, 6) is 0.145. The Bertz CT molecular complexity index is 810. The van der Waals surface area contributed by atoms with Gasteiger partial charge in [0, 0.05) is 16.7 Å². The van der Waals surface area contributed by atoms with Gasteiger partial charge in [-0.2, -0.15) is 0 Å². The second-order valence-corrected chi connectivity index (χ2v) is 6.28. The van der Waals surface area contributed by atoms with Gasteiger partial charge >= 0.3 is 0 Å². The molecule has 1 atom stereocenters. The van der Waals surface area contributed by atoms with Crippen molar-refractivity contribution >= 4 is 22.7 Å². The van der Waals surface area contributed by atoms with Gasteiger partial charge in [0.05, 0.1) is 24.8 Å². The van der Waals surface area contributed by atoms with E-state index in [-0.39, 0.29) is 19.0 Å². The van der Waals surface area contributed by atoms with Crippen LogP contribution in [0.4, 0.5) is 4.39 Å². The second-order valence-electron chi connectivity index (χ2n) is 5.27. The first kappa shape index (κ1) is 16.8. The van der Waals surface area contributed by atoms with Crippen molar-refractivity contribution in [3.8, 4) is 0 Å². The van der Waals surface area contributed by atoms with Gasteiger partial charge < -0.3 is 9.84 Å². The number of aliphatic hydroxyl groups excluding tert-OH is 1. The number of benzene rings is 2. The minimum atomic E-state index is -0.657. The van der Waals surface area contributed by atoms with E-state index in [1.54, 1.807) is 18.2 Å². The summed E-state index contributed by atoms with van der Waals surface area (Å²) in [5.41, 5.74) is 1.36. The molecular formula is C18H17FN2O2S. The van der Waals surface area contributed by atoms with E-state index in [0.29, 0.717) is 11.3 Å². The van der Waals surface area contributed by atoms with Crippen LogP contribution in [0.15, 0.2) is 59.9 Å². The molecule has 0 aliphatic carbocycles. The van der Waals surface area contributed by atoms with Gasteiger partial charge in [0.2, 0.25) is 0 Å². The SMILES string of the molecule is O[C@@H](COCc1ccccc1F)CSc1ncnc2ccccc12. The molecule has 0 saturated carbocycles. The number of halogens is 1. The van der Waals surface area contributed by atoms with Crippen LogP contribution in [0.1, 0.15) is 5.56 Å². The molecule has 3 rings (SSSR count). The van der Waals surface area contributed by atoms with E-state index >= 15 is 0 Å². The number of ether oxygens (including phenoxy) is 1. The molecule has 4 nitrogen and oxygen atoms in total. The van der Waals surface area contributed by atoms with Gasteiger partial charge in [0.15, 0.2) is 0 Å². The molecule has 1 N–H and O–H groups in total. The third-order valence-corrected chi connectivity index (χ3v) is 4.59. The molecule has 0 saturated heterocycles. The molecule has 0 unspecified atom stereocenters. The zero-order chi connectivity index (χ0) is 16.8. The Morgan fingerprint density at radius 2 is 1.88 bits per heavy atom. The van der Waals surface area contributed by atoms with Crippen LogP contribution >= 0.6 is 11.8 Å². The van der Waals surface area contributed by atoms with Crippen LogP contribution in [-0.2, 0) is 11.3 Å². The molecule has 0 fully saturated rings.